The second kappa shape index (κ2) is 9.23. The molecule has 0 bridgehead atoms. The van der Waals surface area contributed by atoms with Crippen LogP contribution in [0.4, 0.5) is 10.1 Å². The predicted molar refractivity (Wildman–Crippen MR) is 122 cm³/mol. The van der Waals surface area contributed by atoms with E-state index in [-0.39, 0.29) is 22.7 Å². The van der Waals surface area contributed by atoms with Crippen LogP contribution in [0.25, 0.3) is 27.9 Å². The van der Waals surface area contributed by atoms with E-state index >= 15 is 0 Å². The van der Waals surface area contributed by atoms with Crippen LogP contribution in [0.15, 0.2) is 83.8 Å². The van der Waals surface area contributed by atoms with E-state index in [4.69, 9.17) is 4.55 Å². The first kappa shape index (κ1) is 22.2. The largest absolute Gasteiger partial charge is 0.306 e. The van der Waals surface area contributed by atoms with Crippen molar-refractivity contribution in [3.8, 4) is 27.9 Å². The minimum absolute atomic E-state index is 0.00295. The third-order valence-corrected chi connectivity index (χ3v) is 5.55. The first-order chi connectivity index (χ1) is 15.8. The van der Waals surface area contributed by atoms with Crippen molar-refractivity contribution in [1.82, 2.24) is 9.78 Å². The van der Waals surface area contributed by atoms with Gasteiger partial charge in [0.1, 0.15) is 11.5 Å². The molecule has 33 heavy (non-hydrogen) atoms. The van der Waals surface area contributed by atoms with Crippen LogP contribution in [0.3, 0.4) is 0 Å². The number of para-hydroxylation sites is 2. The maximum Gasteiger partial charge on any atom is 0.295 e. The molecule has 0 spiro atoms. The maximum absolute atomic E-state index is 13.5. The number of benzene rings is 3. The summed E-state index contributed by atoms with van der Waals surface area (Å²) in [5.41, 5.74) is 1.35. The Morgan fingerprint density at radius 2 is 1.64 bits per heavy atom. The van der Waals surface area contributed by atoms with Crippen molar-refractivity contribution in [2.75, 3.05) is 0 Å². The number of nitro benzene ring substituents is 1. The molecule has 4 rings (SSSR count). The number of halogens is 1. The lowest BCUT2D eigenvalue weighted by atomic mass is 9.96. The van der Waals surface area contributed by atoms with Gasteiger partial charge in [0.25, 0.3) is 11.2 Å². The van der Waals surface area contributed by atoms with Gasteiger partial charge in [0.15, 0.2) is 11.1 Å². The molecule has 0 amide bonds. The Kier molecular flexibility index (Phi) is 6.20. The van der Waals surface area contributed by atoms with Gasteiger partial charge in [0.2, 0.25) is 0 Å². The Morgan fingerprint density at radius 3 is 2.27 bits per heavy atom. The second-order valence-corrected chi connectivity index (χ2v) is 8.00. The van der Waals surface area contributed by atoms with Gasteiger partial charge in [-0.15, -0.1) is 0 Å². The summed E-state index contributed by atoms with van der Waals surface area (Å²) in [6, 6.07) is 17.8. The van der Waals surface area contributed by atoms with Crippen LogP contribution in [0.5, 0.6) is 0 Å². The van der Waals surface area contributed by atoms with Crippen LogP contribution in [0.1, 0.15) is 5.56 Å². The van der Waals surface area contributed by atoms with Gasteiger partial charge < -0.3 is 4.55 Å². The summed E-state index contributed by atoms with van der Waals surface area (Å²) < 4.78 is 34.6. The van der Waals surface area contributed by atoms with Crippen molar-refractivity contribution in [2.45, 2.75) is 5.75 Å². The molecule has 3 aromatic carbocycles. The van der Waals surface area contributed by atoms with Crippen LogP contribution in [-0.2, 0) is 16.8 Å². The van der Waals surface area contributed by atoms with Gasteiger partial charge in [-0.05, 0) is 34.9 Å². The number of hydrogen-bond acceptors (Lipinski definition) is 5. The highest BCUT2D eigenvalue weighted by molar-refractivity contribution is 7.78. The van der Waals surface area contributed by atoms with Crippen molar-refractivity contribution in [3.63, 3.8) is 0 Å². The molecule has 8 nitrogen and oxygen atoms in total. The second-order valence-electron chi connectivity index (χ2n) is 7.07. The fourth-order valence-electron chi connectivity index (χ4n) is 3.46. The highest BCUT2D eigenvalue weighted by atomic mass is 32.2. The molecule has 1 N–H and O–H groups in total. The van der Waals surface area contributed by atoms with Crippen molar-refractivity contribution >= 4 is 16.8 Å². The van der Waals surface area contributed by atoms with Crippen molar-refractivity contribution in [2.24, 2.45) is 0 Å². The minimum Gasteiger partial charge on any atom is -0.306 e. The zero-order valence-electron chi connectivity index (χ0n) is 16.9. The Hall–Kier alpha value is -4.02. The third kappa shape index (κ3) is 4.61. The molecular formula is C23H16FN3O5S. The average Bonchev–Trinajstić information content (AvgIpc) is 2.80. The van der Waals surface area contributed by atoms with E-state index in [0.29, 0.717) is 22.3 Å². The Labute approximate surface area is 189 Å². The van der Waals surface area contributed by atoms with E-state index in [1.807, 2.05) is 0 Å². The molecule has 0 aliphatic carbocycles. The SMILES string of the molecule is O=c1c(-c2ccc(F)cc2)c(-c2ccc(CS(=O)O)cc2)cnn1-c1ccccc1[N+](=O)[O-]. The van der Waals surface area contributed by atoms with Crippen molar-refractivity contribution in [3.05, 3.63) is 111 Å². The number of rotatable bonds is 6. The zero-order chi connectivity index (χ0) is 23.5. The smallest absolute Gasteiger partial charge is 0.295 e. The quantitative estimate of drug-likeness (QED) is 0.257. The fourth-order valence-corrected chi connectivity index (χ4v) is 3.94. The number of nitro groups is 1. The molecule has 0 saturated heterocycles. The molecule has 0 fully saturated rings. The van der Waals surface area contributed by atoms with Gasteiger partial charge >= 0.3 is 0 Å². The molecule has 1 heterocycles. The molecule has 1 aromatic heterocycles. The highest BCUT2D eigenvalue weighted by Gasteiger charge is 2.21. The number of nitrogens with zero attached hydrogens (tertiary/aromatic N) is 3. The summed E-state index contributed by atoms with van der Waals surface area (Å²) in [6.07, 6.45) is 1.41. The van der Waals surface area contributed by atoms with Crippen molar-refractivity contribution in [1.29, 1.82) is 0 Å². The molecular weight excluding hydrogens is 449 g/mol. The van der Waals surface area contributed by atoms with Crippen LogP contribution in [0, 0.1) is 15.9 Å². The summed E-state index contributed by atoms with van der Waals surface area (Å²) in [5, 5.41) is 15.7. The number of aromatic nitrogens is 2. The summed E-state index contributed by atoms with van der Waals surface area (Å²) in [6.45, 7) is 0. The lowest BCUT2D eigenvalue weighted by molar-refractivity contribution is -0.384. The Balaban J connectivity index is 1.94. The van der Waals surface area contributed by atoms with E-state index in [2.05, 4.69) is 5.10 Å². The Morgan fingerprint density at radius 1 is 1.00 bits per heavy atom. The first-order valence-electron chi connectivity index (χ1n) is 9.64. The minimum atomic E-state index is -1.99. The van der Waals surface area contributed by atoms with Gasteiger partial charge in [-0.25, -0.2) is 8.60 Å². The maximum atomic E-state index is 13.5. The zero-order valence-corrected chi connectivity index (χ0v) is 17.7. The van der Waals surface area contributed by atoms with E-state index in [0.717, 1.165) is 4.68 Å². The van der Waals surface area contributed by atoms with Gasteiger partial charge in [-0.2, -0.15) is 9.78 Å². The monoisotopic (exact) mass is 465 g/mol. The summed E-state index contributed by atoms with van der Waals surface area (Å²) in [7, 11) is 0. The topological polar surface area (TPSA) is 115 Å². The third-order valence-electron chi connectivity index (χ3n) is 4.97. The molecule has 0 aliphatic heterocycles. The van der Waals surface area contributed by atoms with Crippen molar-refractivity contribution < 1.29 is 18.1 Å². The molecule has 1 atom stereocenters. The van der Waals surface area contributed by atoms with Gasteiger partial charge in [0, 0.05) is 11.6 Å². The highest BCUT2D eigenvalue weighted by Crippen LogP contribution is 2.30. The standard InChI is InChI=1S/C23H16FN3O5S/c24-18-11-9-17(10-12-18)22-19(16-7-5-15(6-8-16)14-33(31)32)13-25-26(23(22)28)20-3-1-2-4-21(20)27(29)30/h1-13H,14H2,(H,31,32). The molecule has 10 heteroatoms. The van der Waals surface area contributed by atoms with Crippen LogP contribution in [0.2, 0.25) is 0 Å². The van der Waals surface area contributed by atoms with Gasteiger partial charge in [-0.1, -0.05) is 48.5 Å². The normalized spacial score (nSPS) is 11.8. The molecule has 0 saturated carbocycles. The van der Waals surface area contributed by atoms with Crippen LogP contribution >= 0.6 is 0 Å². The van der Waals surface area contributed by atoms with E-state index < -0.39 is 27.4 Å². The fraction of sp³-hybridized carbons (Fsp3) is 0.0435. The molecule has 166 valence electrons. The Bertz CT molecular complexity index is 1420. The summed E-state index contributed by atoms with van der Waals surface area (Å²) in [5.74, 6) is -0.516. The lowest BCUT2D eigenvalue weighted by Gasteiger charge is -2.13. The average molecular weight is 465 g/mol. The van der Waals surface area contributed by atoms with Gasteiger partial charge in [0.05, 0.1) is 22.4 Å². The van der Waals surface area contributed by atoms with Gasteiger partial charge in [-0.3, -0.25) is 14.9 Å². The van der Waals surface area contributed by atoms with Crippen LogP contribution < -0.4 is 5.56 Å². The van der Waals surface area contributed by atoms with E-state index in [9.17, 15) is 23.5 Å². The summed E-state index contributed by atoms with van der Waals surface area (Å²) >= 11 is -1.99. The summed E-state index contributed by atoms with van der Waals surface area (Å²) in [4.78, 5) is 24.4. The van der Waals surface area contributed by atoms with Crippen LogP contribution in [-0.4, -0.2) is 23.5 Å². The molecule has 1 unspecified atom stereocenters. The lowest BCUT2D eigenvalue weighted by Crippen LogP contribution is -2.24. The number of hydrogen-bond donors (Lipinski definition) is 1. The first-order valence-corrected chi connectivity index (χ1v) is 10.9. The molecule has 4 aromatic rings. The predicted octanol–water partition coefficient (Wildman–Crippen LogP) is 4.34. The van der Waals surface area contributed by atoms with E-state index in [1.54, 1.807) is 30.3 Å². The van der Waals surface area contributed by atoms with E-state index in [1.165, 1.54) is 48.7 Å². The molecule has 0 radical (unpaired) electrons. The molecule has 0 aliphatic rings.